The molecule has 0 aliphatic heterocycles. The Labute approximate surface area is 150 Å². The normalized spacial score (nSPS) is 10.7. The first kappa shape index (κ1) is 17.2. The lowest BCUT2D eigenvalue weighted by molar-refractivity contribution is -0.113. The van der Waals surface area contributed by atoms with E-state index < -0.39 is 0 Å². The summed E-state index contributed by atoms with van der Waals surface area (Å²) in [5.74, 6) is 0.938. The van der Waals surface area contributed by atoms with E-state index in [1.807, 2.05) is 11.5 Å². The smallest absolute Gasteiger partial charge is 0.234 e. The van der Waals surface area contributed by atoms with Gasteiger partial charge in [0.05, 0.1) is 23.3 Å². The average molecular weight is 353 g/mol. The SMILES string of the molecule is Cc1ccc(C)c(-n2c(C)nnc2SCC(=O)Nc2cccnc2)c1. The maximum Gasteiger partial charge on any atom is 0.234 e. The first-order chi connectivity index (χ1) is 12.0. The fourth-order valence-corrected chi connectivity index (χ4v) is 3.23. The number of carbonyl (C=O) groups excluding carboxylic acids is 1. The van der Waals surface area contributed by atoms with Gasteiger partial charge >= 0.3 is 0 Å². The van der Waals surface area contributed by atoms with Gasteiger partial charge in [0, 0.05) is 6.20 Å². The van der Waals surface area contributed by atoms with Crippen molar-refractivity contribution in [3.8, 4) is 5.69 Å². The molecule has 0 saturated heterocycles. The maximum atomic E-state index is 12.1. The van der Waals surface area contributed by atoms with Gasteiger partial charge in [0.15, 0.2) is 5.16 Å². The number of carbonyl (C=O) groups is 1. The van der Waals surface area contributed by atoms with Crippen LogP contribution in [0.1, 0.15) is 17.0 Å². The van der Waals surface area contributed by atoms with Crippen LogP contribution in [0.25, 0.3) is 5.69 Å². The van der Waals surface area contributed by atoms with E-state index in [9.17, 15) is 4.79 Å². The highest BCUT2D eigenvalue weighted by Crippen LogP contribution is 2.25. The minimum atomic E-state index is -0.105. The van der Waals surface area contributed by atoms with E-state index >= 15 is 0 Å². The summed E-state index contributed by atoms with van der Waals surface area (Å²) in [4.78, 5) is 16.1. The molecule has 0 aliphatic carbocycles. The monoisotopic (exact) mass is 353 g/mol. The molecule has 128 valence electrons. The highest BCUT2D eigenvalue weighted by atomic mass is 32.2. The third-order valence-electron chi connectivity index (χ3n) is 3.68. The van der Waals surface area contributed by atoms with Crippen LogP contribution in [0.5, 0.6) is 0 Å². The second kappa shape index (κ2) is 7.48. The summed E-state index contributed by atoms with van der Waals surface area (Å²) in [6, 6.07) is 9.84. The minimum absolute atomic E-state index is 0.105. The summed E-state index contributed by atoms with van der Waals surface area (Å²) >= 11 is 1.36. The summed E-state index contributed by atoms with van der Waals surface area (Å²) in [6.07, 6.45) is 3.28. The molecule has 2 aromatic heterocycles. The molecule has 1 aromatic carbocycles. The zero-order valence-electron chi connectivity index (χ0n) is 14.4. The Bertz CT molecular complexity index is 892. The molecule has 1 N–H and O–H groups in total. The van der Waals surface area contributed by atoms with Crippen molar-refractivity contribution in [3.05, 3.63) is 59.7 Å². The maximum absolute atomic E-state index is 12.1. The van der Waals surface area contributed by atoms with Crippen molar-refractivity contribution in [1.29, 1.82) is 0 Å². The molecule has 3 aromatic rings. The van der Waals surface area contributed by atoms with Gasteiger partial charge in [-0.1, -0.05) is 23.9 Å². The number of hydrogen-bond donors (Lipinski definition) is 1. The fraction of sp³-hybridized carbons (Fsp3) is 0.222. The molecule has 7 heteroatoms. The molecule has 0 saturated carbocycles. The Hall–Kier alpha value is -2.67. The van der Waals surface area contributed by atoms with Gasteiger partial charge in [-0.2, -0.15) is 0 Å². The van der Waals surface area contributed by atoms with Crippen LogP contribution in [-0.4, -0.2) is 31.4 Å². The molecule has 6 nitrogen and oxygen atoms in total. The molecule has 1 amide bonds. The molecule has 25 heavy (non-hydrogen) atoms. The lowest BCUT2D eigenvalue weighted by Crippen LogP contribution is -2.14. The van der Waals surface area contributed by atoms with E-state index in [4.69, 9.17) is 0 Å². The number of aryl methyl sites for hydroxylation is 3. The van der Waals surface area contributed by atoms with E-state index in [0.717, 1.165) is 17.1 Å². The second-order valence-electron chi connectivity index (χ2n) is 5.73. The van der Waals surface area contributed by atoms with E-state index in [-0.39, 0.29) is 11.7 Å². The topological polar surface area (TPSA) is 72.7 Å². The number of pyridine rings is 1. The van der Waals surface area contributed by atoms with E-state index in [2.05, 4.69) is 52.5 Å². The summed E-state index contributed by atoms with van der Waals surface area (Å²) in [6.45, 7) is 6.02. The highest BCUT2D eigenvalue weighted by molar-refractivity contribution is 7.99. The number of aromatic nitrogens is 4. The standard InChI is InChI=1S/C18H19N5OS/c1-12-6-7-13(2)16(9-12)23-14(3)21-22-18(23)25-11-17(24)20-15-5-4-8-19-10-15/h4-10H,11H2,1-3H3,(H,20,24). The Morgan fingerprint density at radius 2 is 2.04 bits per heavy atom. The largest absolute Gasteiger partial charge is 0.324 e. The number of nitrogens with zero attached hydrogens (tertiary/aromatic N) is 4. The Balaban J connectivity index is 1.76. The van der Waals surface area contributed by atoms with Crippen LogP contribution in [0.2, 0.25) is 0 Å². The van der Waals surface area contributed by atoms with Crippen molar-refractivity contribution in [1.82, 2.24) is 19.7 Å². The van der Waals surface area contributed by atoms with Crippen LogP contribution >= 0.6 is 11.8 Å². The van der Waals surface area contributed by atoms with Crippen LogP contribution in [0.15, 0.2) is 47.9 Å². The van der Waals surface area contributed by atoms with Crippen molar-refractivity contribution in [2.45, 2.75) is 25.9 Å². The summed E-state index contributed by atoms with van der Waals surface area (Å²) in [5.41, 5.74) is 4.02. The molecule has 0 unspecified atom stereocenters. The Morgan fingerprint density at radius 1 is 1.20 bits per heavy atom. The molecule has 2 heterocycles. The summed E-state index contributed by atoms with van der Waals surface area (Å²) < 4.78 is 1.99. The van der Waals surface area contributed by atoms with E-state index in [1.165, 1.54) is 17.3 Å². The average Bonchev–Trinajstić information content (AvgIpc) is 2.97. The molecular weight excluding hydrogens is 334 g/mol. The Morgan fingerprint density at radius 3 is 2.80 bits per heavy atom. The van der Waals surface area contributed by atoms with Gasteiger partial charge < -0.3 is 5.32 Å². The number of anilines is 1. The minimum Gasteiger partial charge on any atom is -0.324 e. The number of nitrogens with one attached hydrogen (secondary N) is 1. The summed E-state index contributed by atoms with van der Waals surface area (Å²) in [7, 11) is 0. The number of rotatable bonds is 5. The van der Waals surface area contributed by atoms with E-state index in [1.54, 1.807) is 24.5 Å². The van der Waals surface area contributed by atoms with Crippen LogP contribution in [0, 0.1) is 20.8 Å². The van der Waals surface area contributed by atoms with Crippen molar-refractivity contribution in [2.75, 3.05) is 11.1 Å². The van der Waals surface area contributed by atoms with Crippen molar-refractivity contribution >= 4 is 23.4 Å². The zero-order chi connectivity index (χ0) is 17.8. The quantitative estimate of drug-likeness (QED) is 0.713. The first-order valence-corrected chi connectivity index (χ1v) is 8.85. The number of benzene rings is 1. The van der Waals surface area contributed by atoms with Crippen molar-refractivity contribution in [3.63, 3.8) is 0 Å². The molecule has 0 atom stereocenters. The van der Waals surface area contributed by atoms with Gasteiger partial charge in [-0.3, -0.25) is 14.3 Å². The molecule has 0 fully saturated rings. The number of thioether (sulfide) groups is 1. The number of amides is 1. The fourth-order valence-electron chi connectivity index (χ4n) is 2.44. The van der Waals surface area contributed by atoms with E-state index in [0.29, 0.717) is 10.8 Å². The predicted molar refractivity (Wildman–Crippen MR) is 99.2 cm³/mol. The second-order valence-corrected chi connectivity index (χ2v) is 6.68. The molecule has 3 rings (SSSR count). The van der Waals surface area contributed by atoms with Crippen molar-refractivity contribution in [2.24, 2.45) is 0 Å². The van der Waals surface area contributed by atoms with Gasteiger partial charge in [-0.25, -0.2) is 0 Å². The van der Waals surface area contributed by atoms with Gasteiger partial charge in [-0.15, -0.1) is 10.2 Å². The lowest BCUT2D eigenvalue weighted by Gasteiger charge is -2.12. The number of hydrogen-bond acceptors (Lipinski definition) is 5. The van der Waals surface area contributed by atoms with Gasteiger partial charge in [0.2, 0.25) is 5.91 Å². The lowest BCUT2D eigenvalue weighted by atomic mass is 10.1. The molecule has 0 spiro atoms. The highest BCUT2D eigenvalue weighted by Gasteiger charge is 2.15. The molecule has 0 aliphatic rings. The molecule has 0 bridgehead atoms. The van der Waals surface area contributed by atoms with Gasteiger partial charge in [0.1, 0.15) is 5.82 Å². The third-order valence-corrected chi connectivity index (χ3v) is 4.61. The third kappa shape index (κ3) is 4.06. The van der Waals surface area contributed by atoms with Gasteiger partial charge in [-0.05, 0) is 50.1 Å². The molecule has 0 radical (unpaired) electrons. The zero-order valence-corrected chi connectivity index (χ0v) is 15.2. The molecular formula is C18H19N5OS. The van der Waals surface area contributed by atoms with Crippen LogP contribution in [-0.2, 0) is 4.79 Å². The van der Waals surface area contributed by atoms with Crippen LogP contribution in [0.3, 0.4) is 0 Å². The van der Waals surface area contributed by atoms with Gasteiger partial charge in [0.25, 0.3) is 0 Å². The van der Waals surface area contributed by atoms with Crippen LogP contribution in [0.4, 0.5) is 5.69 Å². The van der Waals surface area contributed by atoms with Crippen LogP contribution < -0.4 is 5.32 Å². The summed E-state index contributed by atoms with van der Waals surface area (Å²) in [5, 5.41) is 11.9. The Kier molecular flexibility index (Phi) is 5.14. The van der Waals surface area contributed by atoms with Crippen molar-refractivity contribution < 1.29 is 4.79 Å². The predicted octanol–water partition coefficient (Wildman–Crippen LogP) is 3.32. The first-order valence-electron chi connectivity index (χ1n) is 7.87.